The summed E-state index contributed by atoms with van der Waals surface area (Å²) in [7, 11) is 1.82. The van der Waals surface area contributed by atoms with E-state index < -0.39 is 42.3 Å². The van der Waals surface area contributed by atoms with Gasteiger partial charge in [-0.25, -0.2) is 14.8 Å². The predicted molar refractivity (Wildman–Crippen MR) is 184 cm³/mol. The average molecular weight is 672 g/mol. The fraction of sp³-hybridized carbons (Fsp3) is 0.353. The number of nitrogens with zero attached hydrogens (tertiary/aromatic N) is 5. The van der Waals surface area contributed by atoms with Gasteiger partial charge in [-0.1, -0.05) is 38.1 Å². The van der Waals surface area contributed by atoms with E-state index in [0.717, 1.165) is 29.7 Å². The van der Waals surface area contributed by atoms with Crippen LogP contribution in [0.15, 0.2) is 54.7 Å². The first-order chi connectivity index (χ1) is 23.4. The van der Waals surface area contributed by atoms with Crippen molar-refractivity contribution in [1.29, 1.82) is 0 Å². The molecule has 0 fully saturated rings. The van der Waals surface area contributed by atoms with E-state index in [2.05, 4.69) is 44.4 Å². The normalized spacial score (nSPS) is 12.3. The summed E-state index contributed by atoms with van der Waals surface area (Å²) >= 11 is 0. The maximum absolute atomic E-state index is 13.3. The van der Waals surface area contributed by atoms with Crippen molar-refractivity contribution in [3.05, 3.63) is 77.1 Å². The molecule has 258 valence electrons. The quantitative estimate of drug-likeness (QED) is 0.101. The highest BCUT2D eigenvalue weighted by Gasteiger charge is 2.28. The molecule has 0 aliphatic rings. The molecule has 0 aliphatic heterocycles. The lowest BCUT2D eigenvalue weighted by molar-refractivity contribution is -0.142. The van der Waals surface area contributed by atoms with Gasteiger partial charge in [-0.05, 0) is 60.6 Å². The number of carboxylic acids is 2. The number of nitrogens with two attached hydrogens (primary N) is 2. The van der Waals surface area contributed by atoms with Crippen LogP contribution in [0.1, 0.15) is 72.6 Å². The number of aliphatic carboxylic acids is 2. The van der Waals surface area contributed by atoms with Crippen molar-refractivity contribution in [2.75, 3.05) is 23.4 Å². The Labute approximate surface area is 283 Å². The number of benzene rings is 2. The molecule has 2 aromatic heterocycles. The molecule has 2 atom stereocenters. The van der Waals surface area contributed by atoms with E-state index in [4.69, 9.17) is 11.5 Å². The lowest BCUT2D eigenvalue weighted by Gasteiger charge is -2.22. The Hall–Kier alpha value is -5.86. The van der Waals surface area contributed by atoms with Crippen LogP contribution < -0.4 is 27.0 Å². The Bertz CT molecular complexity index is 1810. The van der Waals surface area contributed by atoms with Crippen LogP contribution in [0.2, 0.25) is 0 Å². The summed E-state index contributed by atoms with van der Waals surface area (Å²) in [6, 6.07) is 11.5. The molecule has 15 nitrogen and oxygen atoms in total. The topological polar surface area (TPSA) is 240 Å². The fourth-order valence-corrected chi connectivity index (χ4v) is 5.48. The lowest BCUT2D eigenvalue weighted by Crippen LogP contribution is -2.52. The van der Waals surface area contributed by atoms with Gasteiger partial charge < -0.3 is 37.2 Å². The van der Waals surface area contributed by atoms with Crippen molar-refractivity contribution in [2.24, 2.45) is 0 Å². The third kappa shape index (κ3) is 9.59. The highest BCUT2D eigenvalue weighted by Crippen LogP contribution is 2.24. The molecule has 0 saturated carbocycles. The Kier molecular flexibility index (Phi) is 12.0. The summed E-state index contributed by atoms with van der Waals surface area (Å²) < 4.78 is 0. The van der Waals surface area contributed by atoms with Crippen LogP contribution in [-0.4, -0.2) is 73.0 Å². The van der Waals surface area contributed by atoms with Gasteiger partial charge in [0.2, 0.25) is 11.9 Å². The van der Waals surface area contributed by atoms with Gasteiger partial charge >= 0.3 is 11.9 Å². The van der Waals surface area contributed by atoms with E-state index in [-0.39, 0.29) is 35.8 Å². The fourth-order valence-electron chi connectivity index (χ4n) is 5.48. The van der Waals surface area contributed by atoms with Gasteiger partial charge in [0.05, 0.1) is 18.4 Å². The summed E-state index contributed by atoms with van der Waals surface area (Å²) in [6.07, 6.45) is 2.79. The Balaban J connectivity index is 1.43. The summed E-state index contributed by atoms with van der Waals surface area (Å²) in [4.78, 5) is 68.6. The molecule has 2 heterocycles. The first kappa shape index (κ1) is 36.0. The van der Waals surface area contributed by atoms with E-state index in [0.29, 0.717) is 23.7 Å². The smallest absolute Gasteiger partial charge is 0.326 e. The standard InChI is InChI=1S/C34H41N9O6/c1-4-20(5-2)22-8-6-7-19(15-22)16-26(33(48)49)40-32(47)25(13-14-27(44)45)39-31(46)21-9-11-24(12-10-21)43(3)18-23-17-37-30-28(38-23)29(35)41-34(36)42-30/h6-12,15,17,20,25-26H,4-5,13-14,16,18H2,1-3H3,(H,39,46)(H,40,47)(H,44,45)(H,48,49)(H4,35,36,37,41,42)/t25-,26-/m0/s1. The number of nitrogens with one attached hydrogen (secondary N) is 2. The van der Waals surface area contributed by atoms with Crippen molar-refractivity contribution >= 4 is 52.4 Å². The highest BCUT2D eigenvalue weighted by atomic mass is 16.4. The van der Waals surface area contributed by atoms with Gasteiger partial charge in [-0.15, -0.1) is 0 Å². The predicted octanol–water partition coefficient (Wildman–Crippen LogP) is 2.90. The van der Waals surface area contributed by atoms with Crippen molar-refractivity contribution in [3.63, 3.8) is 0 Å². The Morgan fingerprint density at radius 3 is 2.29 bits per heavy atom. The molecule has 0 bridgehead atoms. The van der Waals surface area contributed by atoms with Crippen LogP contribution in [-0.2, 0) is 27.3 Å². The van der Waals surface area contributed by atoms with Crippen LogP contribution in [0.25, 0.3) is 11.2 Å². The molecule has 49 heavy (non-hydrogen) atoms. The SMILES string of the molecule is CCC(CC)c1cccc(C[C@H](NC(=O)[C@H](CCC(=O)O)NC(=O)c2ccc(N(C)Cc3cnc4nc(N)nc(N)c4n3)cc2)C(=O)O)c1. The third-order valence-corrected chi connectivity index (χ3v) is 8.20. The molecule has 15 heteroatoms. The average Bonchev–Trinajstić information content (AvgIpc) is 3.07. The number of nitrogen functional groups attached to an aromatic ring is 2. The molecular weight excluding hydrogens is 630 g/mol. The number of carboxylic acid groups (broad SMARTS) is 2. The van der Waals surface area contributed by atoms with Gasteiger partial charge in [-0.3, -0.25) is 14.4 Å². The van der Waals surface area contributed by atoms with Gasteiger partial charge in [0.1, 0.15) is 12.1 Å². The van der Waals surface area contributed by atoms with Crippen molar-refractivity contribution in [2.45, 2.75) is 70.5 Å². The maximum Gasteiger partial charge on any atom is 0.326 e. The first-order valence-electron chi connectivity index (χ1n) is 15.9. The van der Waals surface area contributed by atoms with Gasteiger partial charge in [-0.2, -0.15) is 9.97 Å². The lowest BCUT2D eigenvalue weighted by atomic mass is 9.91. The molecule has 8 N–H and O–H groups in total. The van der Waals surface area contributed by atoms with Crippen LogP contribution in [0.4, 0.5) is 17.5 Å². The molecular formula is C34H41N9O6. The molecule has 0 saturated heterocycles. The minimum atomic E-state index is -1.29. The number of amides is 2. The van der Waals surface area contributed by atoms with E-state index in [1.54, 1.807) is 36.5 Å². The van der Waals surface area contributed by atoms with Crippen LogP contribution in [0.3, 0.4) is 0 Å². The van der Waals surface area contributed by atoms with E-state index in [1.807, 2.05) is 30.1 Å². The van der Waals surface area contributed by atoms with Crippen LogP contribution >= 0.6 is 0 Å². The number of anilines is 3. The third-order valence-electron chi connectivity index (χ3n) is 8.20. The Morgan fingerprint density at radius 2 is 1.63 bits per heavy atom. The van der Waals surface area contributed by atoms with E-state index in [9.17, 15) is 29.4 Å². The summed E-state index contributed by atoms with van der Waals surface area (Å²) in [5, 5.41) is 24.3. The molecule has 0 aliphatic carbocycles. The number of aromatic nitrogens is 4. The number of rotatable bonds is 16. The highest BCUT2D eigenvalue weighted by molar-refractivity contribution is 5.98. The van der Waals surface area contributed by atoms with Gasteiger partial charge in [0.25, 0.3) is 5.91 Å². The summed E-state index contributed by atoms with van der Waals surface area (Å²) in [5.74, 6) is -3.38. The second-order valence-corrected chi connectivity index (χ2v) is 11.7. The summed E-state index contributed by atoms with van der Waals surface area (Å²) in [5.41, 5.74) is 15.5. The molecule has 4 aromatic rings. The van der Waals surface area contributed by atoms with E-state index >= 15 is 0 Å². The zero-order chi connectivity index (χ0) is 35.7. The number of hydrogen-bond donors (Lipinski definition) is 6. The number of fused-ring (bicyclic) bond motifs is 1. The zero-order valence-corrected chi connectivity index (χ0v) is 27.6. The Morgan fingerprint density at radius 1 is 0.918 bits per heavy atom. The number of carbonyl (C=O) groups excluding carboxylic acids is 2. The largest absolute Gasteiger partial charge is 0.481 e. The second-order valence-electron chi connectivity index (χ2n) is 11.7. The van der Waals surface area contributed by atoms with E-state index in [1.165, 1.54) is 0 Å². The molecule has 2 amide bonds. The van der Waals surface area contributed by atoms with Crippen molar-refractivity contribution in [3.8, 4) is 0 Å². The molecule has 0 spiro atoms. The minimum Gasteiger partial charge on any atom is -0.481 e. The number of carbonyl (C=O) groups is 4. The van der Waals surface area contributed by atoms with Crippen molar-refractivity contribution in [1.82, 2.24) is 30.6 Å². The molecule has 0 unspecified atom stereocenters. The molecule has 2 aromatic carbocycles. The number of hydrogen-bond acceptors (Lipinski definition) is 11. The molecule has 0 radical (unpaired) electrons. The van der Waals surface area contributed by atoms with Gasteiger partial charge in [0, 0.05) is 31.1 Å². The van der Waals surface area contributed by atoms with Crippen LogP contribution in [0.5, 0.6) is 0 Å². The monoisotopic (exact) mass is 671 g/mol. The minimum absolute atomic E-state index is 0.000501. The summed E-state index contributed by atoms with van der Waals surface area (Å²) in [6.45, 7) is 4.52. The first-order valence-corrected chi connectivity index (χ1v) is 15.9. The zero-order valence-electron chi connectivity index (χ0n) is 27.6. The van der Waals surface area contributed by atoms with Crippen molar-refractivity contribution < 1.29 is 29.4 Å². The van der Waals surface area contributed by atoms with Gasteiger partial charge in [0.15, 0.2) is 17.0 Å². The molecule has 4 rings (SSSR count). The second kappa shape index (κ2) is 16.3. The van der Waals surface area contributed by atoms with Crippen LogP contribution in [0, 0.1) is 0 Å². The maximum atomic E-state index is 13.3.